The Hall–Kier alpha value is -0.570. The molecular formula is C17H32N2O. The molecule has 1 saturated heterocycles. The van der Waals surface area contributed by atoms with E-state index < -0.39 is 0 Å². The molecule has 1 saturated carbocycles. The van der Waals surface area contributed by atoms with Crippen LogP contribution >= 0.6 is 0 Å². The molecule has 0 aromatic rings. The van der Waals surface area contributed by atoms with Gasteiger partial charge < -0.3 is 10.2 Å². The normalized spacial score (nSPS) is 31.9. The monoisotopic (exact) mass is 280 g/mol. The van der Waals surface area contributed by atoms with Crippen molar-refractivity contribution >= 4 is 5.91 Å². The van der Waals surface area contributed by atoms with Crippen LogP contribution in [0.1, 0.15) is 72.1 Å². The molecule has 1 atom stereocenters. The summed E-state index contributed by atoms with van der Waals surface area (Å²) in [6.07, 6.45) is 9.95. The van der Waals surface area contributed by atoms with Crippen molar-refractivity contribution in [2.75, 3.05) is 6.54 Å². The van der Waals surface area contributed by atoms with Crippen LogP contribution in [0.15, 0.2) is 0 Å². The molecule has 1 unspecified atom stereocenters. The predicted molar refractivity (Wildman–Crippen MR) is 83.7 cm³/mol. The molecule has 1 aliphatic carbocycles. The van der Waals surface area contributed by atoms with Crippen LogP contribution in [0, 0.1) is 5.92 Å². The molecular weight excluding hydrogens is 248 g/mol. The summed E-state index contributed by atoms with van der Waals surface area (Å²) >= 11 is 0. The molecule has 0 aromatic carbocycles. The molecule has 1 aliphatic heterocycles. The van der Waals surface area contributed by atoms with Crippen molar-refractivity contribution in [1.29, 1.82) is 0 Å². The summed E-state index contributed by atoms with van der Waals surface area (Å²) in [5.74, 6) is 1.28. The van der Waals surface area contributed by atoms with E-state index in [0.717, 1.165) is 25.3 Å². The van der Waals surface area contributed by atoms with E-state index in [1.54, 1.807) is 0 Å². The van der Waals surface area contributed by atoms with Crippen molar-refractivity contribution in [2.45, 2.75) is 90.3 Å². The van der Waals surface area contributed by atoms with Gasteiger partial charge in [-0.3, -0.25) is 4.79 Å². The van der Waals surface area contributed by atoms with Crippen molar-refractivity contribution in [3.63, 3.8) is 0 Å². The van der Waals surface area contributed by atoms with Crippen LogP contribution in [0.2, 0.25) is 0 Å². The second-order valence-electron chi connectivity index (χ2n) is 7.01. The number of hydrogen-bond donors (Lipinski definition) is 1. The highest BCUT2D eigenvalue weighted by molar-refractivity contribution is 5.83. The lowest BCUT2D eigenvalue weighted by molar-refractivity contribution is -0.139. The van der Waals surface area contributed by atoms with Gasteiger partial charge in [-0.25, -0.2) is 0 Å². The average Bonchev–Trinajstić information content (AvgIpc) is 2.42. The lowest BCUT2D eigenvalue weighted by atomic mass is 9.82. The largest absolute Gasteiger partial charge is 0.338 e. The quantitative estimate of drug-likeness (QED) is 0.837. The zero-order valence-electron chi connectivity index (χ0n) is 13.5. The molecule has 2 rings (SSSR count). The Morgan fingerprint density at radius 3 is 2.50 bits per heavy atom. The molecule has 1 N–H and O–H groups in total. The van der Waals surface area contributed by atoms with Crippen LogP contribution in [0.5, 0.6) is 0 Å². The highest BCUT2D eigenvalue weighted by Gasteiger charge is 2.34. The van der Waals surface area contributed by atoms with Crippen molar-refractivity contribution in [3.05, 3.63) is 0 Å². The molecule has 2 fully saturated rings. The maximum Gasteiger partial charge on any atom is 0.239 e. The van der Waals surface area contributed by atoms with Gasteiger partial charge in [0.15, 0.2) is 0 Å². The fourth-order valence-electron chi connectivity index (χ4n) is 3.97. The van der Waals surface area contributed by atoms with Gasteiger partial charge in [-0.2, -0.15) is 0 Å². The van der Waals surface area contributed by atoms with Gasteiger partial charge in [0.25, 0.3) is 0 Å². The Kier molecular flexibility index (Phi) is 5.88. The Balaban J connectivity index is 1.87. The summed E-state index contributed by atoms with van der Waals surface area (Å²) in [5, 5.41) is 3.44. The molecule has 0 radical (unpaired) electrons. The van der Waals surface area contributed by atoms with Crippen LogP contribution in [0.4, 0.5) is 0 Å². The fraction of sp³-hybridized carbons (Fsp3) is 0.941. The first kappa shape index (κ1) is 15.8. The molecule has 116 valence electrons. The second-order valence-corrected chi connectivity index (χ2v) is 7.01. The first-order valence-corrected chi connectivity index (χ1v) is 8.68. The summed E-state index contributed by atoms with van der Waals surface area (Å²) in [4.78, 5) is 14.8. The maximum absolute atomic E-state index is 12.6. The second kappa shape index (κ2) is 7.44. The van der Waals surface area contributed by atoms with Gasteiger partial charge in [0.05, 0.1) is 6.04 Å². The highest BCUT2D eigenvalue weighted by atomic mass is 16.2. The van der Waals surface area contributed by atoms with E-state index in [2.05, 4.69) is 31.0 Å². The van der Waals surface area contributed by atoms with E-state index in [-0.39, 0.29) is 6.04 Å². The minimum Gasteiger partial charge on any atom is -0.338 e. The molecule has 20 heavy (non-hydrogen) atoms. The van der Waals surface area contributed by atoms with Gasteiger partial charge in [0.1, 0.15) is 0 Å². The van der Waals surface area contributed by atoms with Crippen LogP contribution in [0.3, 0.4) is 0 Å². The van der Waals surface area contributed by atoms with Crippen molar-refractivity contribution in [3.8, 4) is 0 Å². The van der Waals surface area contributed by atoms with Crippen molar-refractivity contribution in [1.82, 2.24) is 10.2 Å². The molecule has 3 heteroatoms. The summed E-state index contributed by atoms with van der Waals surface area (Å²) in [6.45, 7) is 7.52. The van der Waals surface area contributed by atoms with Gasteiger partial charge in [0, 0.05) is 18.6 Å². The topological polar surface area (TPSA) is 32.3 Å². The Morgan fingerprint density at radius 1 is 1.20 bits per heavy atom. The van der Waals surface area contributed by atoms with E-state index in [9.17, 15) is 4.79 Å². The fourth-order valence-corrected chi connectivity index (χ4v) is 3.97. The van der Waals surface area contributed by atoms with E-state index in [1.807, 2.05) is 0 Å². The zero-order valence-corrected chi connectivity index (χ0v) is 13.5. The minimum absolute atomic E-state index is 0.0668. The summed E-state index contributed by atoms with van der Waals surface area (Å²) in [7, 11) is 0. The number of carbonyl (C=O) groups is 1. The standard InChI is InChI=1S/C17H32N2O/c1-4-6-14-8-10-15(11-9-14)19-12-5-7-16(17(19)20)18-13(2)3/h13-16,18H,4-12H2,1-3H3. The van der Waals surface area contributed by atoms with E-state index >= 15 is 0 Å². The Bertz CT molecular complexity index is 308. The van der Waals surface area contributed by atoms with Crippen LogP contribution < -0.4 is 5.32 Å². The van der Waals surface area contributed by atoms with Gasteiger partial charge >= 0.3 is 0 Å². The smallest absolute Gasteiger partial charge is 0.239 e. The van der Waals surface area contributed by atoms with Crippen LogP contribution in [0.25, 0.3) is 0 Å². The first-order chi connectivity index (χ1) is 9.61. The Morgan fingerprint density at radius 2 is 1.90 bits per heavy atom. The summed E-state index contributed by atoms with van der Waals surface area (Å²) in [5.41, 5.74) is 0. The number of likely N-dealkylation sites (tertiary alicyclic amines) is 1. The van der Waals surface area contributed by atoms with Gasteiger partial charge in [-0.1, -0.05) is 33.6 Å². The molecule has 3 nitrogen and oxygen atoms in total. The van der Waals surface area contributed by atoms with Gasteiger partial charge in [-0.15, -0.1) is 0 Å². The van der Waals surface area contributed by atoms with Crippen molar-refractivity contribution < 1.29 is 4.79 Å². The maximum atomic E-state index is 12.6. The number of rotatable bonds is 5. The third-order valence-electron chi connectivity index (χ3n) is 4.96. The number of carbonyl (C=O) groups excluding carboxylic acids is 1. The van der Waals surface area contributed by atoms with E-state index in [0.29, 0.717) is 18.0 Å². The van der Waals surface area contributed by atoms with Gasteiger partial charge in [0.2, 0.25) is 5.91 Å². The number of amides is 1. The number of piperidine rings is 1. The number of nitrogens with one attached hydrogen (secondary N) is 1. The molecule has 0 aromatic heterocycles. The molecule has 1 heterocycles. The number of nitrogens with zero attached hydrogens (tertiary/aromatic N) is 1. The average molecular weight is 280 g/mol. The Labute approximate surface area is 124 Å². The third-order valence-corrected chi connectivity index (χ3v) is 4.96. The lowest BCUT2D eigenvalue weighted by Gasteiger charge is -2.41. The van der Waals surface area contributed by atoms with E-state index in [1.165, 1.54) is 38.5 Å². The number of hydrogen-bond acceptors (Lipinski definition) is 2. The minimum atomic E-state index is 0.0668. The zero-order chi connectivity index (χ0) is 14.5. The van der Waals surface area contributed by atoms with Crippen LogP contribution in [-0.2, 0) is 4.79 Å². The third kappa shape index (κ3) is 3.97. The molecule has 2 aliphatic rings. The van der Waals surface area contributed by atoms with Crippen molar-refractivity contribution in [2.24, 2.45) is 5.92 Å². The first-order valence-electron chi connectivity index (χ1n) is 8.68. The van der Waals surface area contributed by atoms with Gasteiger partial charge in [-0.05, 0) is 44.4 Å². The molecule has 0 spiro atoms. The summed E-state index contributed by atoms with van der Waals surface area (Å²) < 4.78 is 0. The SMILES string of the molecule is CCCC1CCC(N2CCCC(NC(C)C)C2=O)CC1. The van der Waals surface area contributed by atoms with E-state index in [4.69, 9.17) is 0 Å². The highest BCUT2D eigenvalue weighted by Crippen LogP contribution is 2.32. The molecule has 1 amide bonds. The van der Waals surface area contributed by atoms with Crippen LogP contribution in [-0.4, -0.2) is 35.5 Å². The predicted octanol–water partition coefficient (Wildman–Crippen LogP) is 3.33. The summed E-state index contributed by atoms with van der Waals surface area (Å²) in [6, 6.07) is 0.980. The molecule has 0 bridgehead atoms. The lowest BCUT2D eigenvalue weighted by Crippen LogP contribution is -2.55.